The molecule has 0 saturated heterocycles. The normalized spacial score (nSPS) is 15.7. The smallest absolute Gasteiger partial charge is 0.278 e. The molecule has 26 heavy (non-hydrogen) atoms. The first-order valence-electron chi connectivity index (χ1n) is 8.22. The van der Waals surface area contributed by atoms with Crippen molar-refractivity contribution in [2.75, 3.05) is 13.6 Å². The number of nitrogens with two attached hydrogens (primary N) is 1. The lowest BCUT2D eigenvalue weighted by Gasteiger charge is -2.25. The summed E-state index contributed by atoms with van der Waals surface area (Å²) in [6.07, 6.45) is -1.71. The highest BCUT2D eigenvalue weighted by Gasteiger charge is 2.37. The van der Waals surface area contributed by atoms with Crippen LogP contribution in [0.1, 0.15) is 24.0 Å². The Labute approximate surface area is 150 Å². The quantitative estimate of drug-likeness (QED) is 0.594. The average molecular weight is 365 g/mol. The summed E-state index contributed by atoms with van der Waals surface area (Å²) in [6, 6.07) is 7.41. The van der Waals surface area contributed by atoms with Crippen LogP contribution in [0.4, 0.5) is 13.2 Å². The van der Waals surface area contributed by atoms with Crippen LogP contribution < -0.4 is 5.73 Å². The van der Waals surface area contributed by atoms with Crippen LogP contribution in [0.15, 0.2) is 47.1 Å². The van der Waals surface area contributed by atoms with Crippen molar-refractivity contribution in [3.8, 4) is 0 Å². The monoisotopic (exact) mass is 365 g/mol. The van der Waals surface area contributed by atoms with Crippen molar-refractivity contribution in [2.45, 2.75) is 32.2 Å². The molecule has 0 unspecified atom stereocenters. The van der Waals surface area contributed by atoms with E-state index in [1.54, 1.807) is 0 Å². The van der Waals surface area contributed by atoms with Gasteiger partial charge in [0, 0.05) is 19.6 Å². The Bertz CT molecular complexity index is 767. The molecule has 1 aliphatic carbocycles. The van der Waals surface area contributed by atoms with Gasteiger partial charge < -0.3 is 10.6 Å². The second-order valence-electron chi connectivity index (χ2n) is 6.28. The van der Waals surface area contributed by atoms with Crippen molar-refractivity contribution in [1.29, 1.82) is 0 Å². The molecule has 2 rings (SSSR count). The predicted molar refractivity (Wildman–Crippen MR) is 96.6 cm³/mol. The van der Waals surface area contributed by atoms with Crippen LogP contribution in [-0.2, 0) is 4.79 Å². The molecule has 1 aromatic carbocycles. The minimum atomic E-state index is -3.15. The molecule has 0 aliphatic heterocycles. The van der Waals surface area contributed by atoms with Gasteiger partial charge in [0.25, 0.3) is 12.3 Å². The van der Waals surface area contributed by atoms with E-state index in [-0.39, 0.29) is 12.6 Å². The number of allylic oxidation sites excluding steroid dienone is 1. The summed E-state index contributed by atoms with van der Waals surface area (Å²) in [5.41, 5.74) is 5.82. The third-order valence-electron chi connectivity index (χ3n) is 4.18. The largest absolute Gasteiger partial charge is 0.397 e. The van der Waals surface area contributed by atoms with Crippen molar-refractivity contribution in [2.24, 2.45) is 10.7 Å². The fourth-order valence-electron chi connectivity index (χ4n) is 2.61. The highest BCUT2D eigenvalue weighted by Crippen LogP contribution is 2.31. The summed E-state index contributed by atoms with van der Waals surface area (Å²) in [5.74, 6) is -2.18. The maximum atomic E-state index is 14.0. The number of carbonyl (C=O) groups excluding carboxylic acids is 1. The molecule has 0 atom stereocenters. The summed E-state index contributed by atoms with van der Waals surface area (Å²) < 4.78 is 40.0. The van der Waals surface area contributed by atoms with Crippen molar-refractivity contribution < 1.29 is 18.0 Å². The van der Waals surface area contributed by atoms with Crippen LogP contribution in [-0.4, -0.2) is 42.8 Å². The van der Waals surface area contributed by atoms with E-state index in [1.807, 2.05) is 31.2 Å². The SMILES string of the molecule is C=C(CN(C(=O)C(C(F)=NC)=C(N)C(F)F)C1CC1)c1cccc(C)c1. The third-order valence-corrected chi connectivity index (χ3v) is 4.18. The molecule has 1 saturated carbocycles. The fourth-order valence-corrected chi connectivity index (χ4v) is 2.61. The summed E-state index contributed by atoms with van der Waals surface area (Å²) >= 11 is 0. The van der Waals surface area contributed by atoms with Crippen LogP contribution in [0.5, 0.6) is 0 Å². The third kappa shape index (κ3) is 4.53. The molecule has 1 fully saturated rings. The second kappa shape index (κ2) is 8.21. The first-order chi connectivity index (χ1) is 12.3. The molecule has 2 N–H and O–H groups in total. The lowest BCUT2D eigenvalue weighted by atomic mass is 10.0. The van der Waals surface area contributed by atoms with Crippen LogP contribution in [0, 0.1) is 6.92 Å². The topological polar surface area (TPSA) is 58.7 Å². The number of alkyl halides is 2. The van der Waals surface area contributed by atoms with E-state index in [0.29, 0.717) is 5.57 Å². The summed E-state index contributed by atoms with van der Waals surface area (Å²) in [7, 11) is 1.08. The van der Waals surface area contributed by atoms with Gasteiger partial charge in [-0.05, 0) is 30.9 Å². The van der Waals surface area contributed by atoms with Crippen molar-refractivity contribution in [3.05, 3.63) is 53.2 Å². The van der Waals surface area contributed by atoms with E-state index in [4.69, 9.17) is 5.73 Å². The Balaban J connectivity index is 2.32. The van der Waals surface area contributed by atoms with E-state index < -0.39 is 29.6 Å². The van der Waals surface area contributed by atoms with Gasteiger partial charge in [0.15, 0.2) is 0 Å². The molecule has 1 amide bonds. The van der Waals surface area contributed by atoms with Gasteiger partial charge in [-0.25, -0.2) is 8.78 Å². The maximum Gasteiger partial charge on any atom is 0.278 e. The van der Waals surface area contributed by atoms with Gasteiger partial charge in [0.1, 0.15) is 5.57 Å². The minimum absolute atomic E-state index is 0.101. The molecule has 1 aliphatic rings. The molecule has 1 aromatic rings. The number of hydrogen-bond acceptors (Lipinski definition) is 3. The molecular weight excluding hydrogens is 343 g/mol. The Morgan fingerprint density at radius 3 is 2.58 bits per heavy atom. The lowest BCUT2D eigenvalue weighted by molar-refractivity contribution is -0.126. The van der Waals surface area contributed by atoms with Crippen LogP contribution in [0.25, 0.3) is 5.57 Å². The Kier molecular flexibility index (Phi) is 6.23. The molecule has 140 valence electrons. The molecule has 7 heteroatoms. The summed E-state index contributed by atoms with van der Waals surface area (Å²) in [6.45, 7) is 6.02. The van der Waals surface area contributed by atoms with Crippen molar-refractivity contribution in [3.63, 3.8) is 0 Å². The Morgan fingerprint density at radius 1 is 1.42 bits per heavy atom. The van der Waals surface area contributed by atoms with Crippen LogP contribution in [0.2, 0.25) is 0 Å². The van der Waals surface area contributed by atoms with Gasteiger partial charge in [0.2, 0.25) is 5.97 Å². The van der Waals surface area contributed by atoms with E-state index in [0.717, 1.165) is 31.0 Å². The zero-order valence-corrected chi connectivity index (χ0v) is 14.8. The van der Waals surface area contributed by atoms with Gasteiger partial charge in [-0.15, -0.1) is 0 Å². The first-order valence-corrected chi connectivity index (χ1v) is 8.22. The predicted octanol–water partition coefficient (Wildman–Crippen LogP) is 3.47. The molecule has 0 spiro atoms. The highest BCUT2D eigenvalue weighted by molar-refractivity contribution is 6.19. The number of carbonyl (C=O) groups is 1. The highest BCUT2D eigenvalue weighted by atomic mass is 19.3. The number of hydrogen-bond donors (Lipinski definition) is 1. The number of amides is 1. The average Bonchev–Trinajstić information content (AvgIpc) is 3.43. The number of halogens is 3. The Hall–Kier alpha value is -2.57. The van der Waals surface area contributed by atoms with Gasteiger partial charge in [-0.3, -0.25) is 9.79 Å². The number of aliphatic imine (C=N–C) groups is 1. The van der Waals surface area contributed by atoms with Gasteiger partial charge in [-0.1, -0.05) is 36.4 Å². The number of nitrogens with zero attached hydrogens (tertiary/aromatic N) is 2. The standard InChI is InChI=1S/C19H22F3N3O/c1-11-5-4-6-13(9-11)12(2)10-25(14-7-8-14)19(26)15(18(22)24-3)16(23)17(20)21/h4-6,9,14,17H,2,7-8,10,23H2,1,3H3. The second-order valence-corrected chi connectivity index (χ2v) is 6.28. The van der Waals surface area contributed by atoms with Crippen LogP contribution >= 0.6 is 0 Å². The lowest BCUT2D eigenvalue weighted by Crippen LogP contribution is -2.38. The van der Waals surface area contributed by atoms with Gasteiger partial charge in [-0.2, -0.15) is 4.39 Å². The number of aryl methyl sites for hydroxylation is 1. The molecule has 0 bridgehead atoms. The van der Waals surface area contributed by atoms with Crippen LogP contribution in [0.3, 0.4) is 0 Å². The summed E-state index contributed by atoms with van der Waals surface area (Å²) in [5, 5.41) is 0. The number of rotatable bonds is 7. The summed E-state index contributed by atoms with van der Waals surface area (Å²) in [4.78, 5) is 17.4. The van der Waals surface area contributed by atoms with E-state index in [2.05, 4.69) is 11.6 Å². The maximum absolute atomic E-state index is 14.0. The molecular formula is C19H22F3N3O. The van der Waals surface area contributed by atoms with Crippen molar-refractivity contribution >= 4 is 17.4 Å². The van der Waals surface area contributed by atoms with Gasteiger partial charge in [0.05, 0.1) is 5.70 Å². The Morgan fingerprint density at radius 2 is 2.08 bits per heavy atom. The van der Waals surface area contributed by atoms with E-state index >= 15 is 0 Å². The fraction of sp³-hybridized carbons (Fsp3) is 0.368. The minimum Gasteiger partial charge on any atom is -0.397 e. The van der Waals surface area contributed by atoms with E-state index in [9.17, 15) is 18.0 Å². The van der Waals surface area contributed by atoms with E-state index in [1.165, 1.54) is 4.90 Å². The zero-order chi connectivity index (χ0) is 19.4. The molecule has 0 aromatic heterocycles. The molecule has 0 radical (unpaired) electrons. The first kappa shape index (κ1) is 19.8. The number of benzene rings is 1. The molecule has 0 heterocycles. The van der Waals surface area contributed by atoms with Gasteiger partial charge >= 0.3 is 0 Å². The zero-order valence-electron chi connectivity index (χ0n) is 14.8. The molecule has 4 nitrogen and oxygen atoms in total. The van der Waals surface area contributed by atoms with Crippen molar-refractivity contribution in [1.82, 2.24) is 4.90 Å².